The van der Waals surface area contributed by atoms with Crippen LogP contribution in [0.4, 0.5) is 0 Å². The van der Waals surface area contributed by atoms with Gasteiger partial charge in [-0.2, -0.15) is 0 Å². The second-order valence-electron chi connectivity index (χ2n) is 2.95. The summed E-state index contributed by atoms with van der Waals surface area (Å²) < 4.78 is 9.54. The Morgan fingerprint density at radius 3 is 2.47 bits per heavy atom. The Morgan fingerprint density at radius 1 is 1.27 bits per heavy atom. The monoisotopic (exact) mass is 206 g/mol. The van der Waals surface area contributed by atoms with Gasteiger partial charge >= 0.3 is 5.97 Å². The van der Waals surface area contributed by atoms with E-state index >= 15 is 0 Å². The molecule has 1 atom stereocenters. The molecule has 1 aromatic rings. The van der Waals surface area contributed by atoms with Gasteiger partial charge in [-0.1, -0.05) is 36.4 Å². The summed E-state index contributed by atoms with van der Waals surface area (Å²) in [6.07, 6.45) is 2.85. The van der Waals surface area contributed by atoms with Crippen LogP contribution in [0, 0.1) is 0 Å². The Bertz CT molecular complexity index is 330. The summed E-state index contributed by atoms with van der Waals surface area (Å²) >= 11 is 0. The van der Waals surface area contributed by atoms with Crippen LogP contribution in [0.15, 0.2) is 36.4 Å². The van der Waals surface area contributed by atoms with Crippen LogP contribution in [0.1, 0.15) is 5.56 Å². The molecule has 1 rings (SSSR count). The van der Waals surface area contributed by atoms with Crippen molar-refractivity contribution in [3.8, 4) is 0 Å². The second kappa shape index (κ2) is 5.98. The minimum Gasteiger partial charge on any atom is -0.467 e. The van der Waals surface area contributed by atoms with E-state index in [2.05, 4.69) is 4.74 Å². The largest absolute Gasteiger partial charge is 0.467 e. The molecule has 1 aromatic carbocycles. The second-order valence-corrected chi connectivity index (χ2v) is 2.95. The SMILES string of the molecule is COC(=O)[C@@H](C=Cc1ccccc1)OC. The maximum Gasteiger partial charge on any atom is 0.339 e. The summed E-state index contributed by atoms with van der Waals surface area (Å²) in [5, 5.41) is 0. The third-order valence-corrected chi connectivity index (χ3v) is 1.95. The fourth-order valence-corrected chi connectivity index (χ4v) is 1.13. The van der Waals surface area contributed by atoms with E-state index in [1.54, 1.807) is 6.08 Å². The van der Waals surface area contributed by atoms with Crippen LogP contribution in [0.2, 0.25) is 0 Å². The minimum atomic E-state index is -0.643. The molecule has 3 heteroatoms. The minimum absolute atomic E-state index is 0.398. The lowest BCUT2D eigenvalue weighted by Crippen LogP contribution is -2.21. The van der Waals surface area contributed by atoms with Crippen molar-refractivity contribution in [1.82, 2.24) is 0 Å². The number of carbonyl (C=O) groups is 1. The van der Waals surface area contributed by atoms with E-state index in [0.29, 0.717) is 0 Å². The van der Waals surface area contributed by atoms with Gasteiger partial charge in [-0.25, -0.2) is 4.79 Å². The molecule has 0 amide bonds. The van der Waals surface area contributed by atoms with Gasteiger partial charge in [-0.15, -0.1) is 0 Å². The van der Waals surface area contributed by atoms with Crippen LogP contribution in [-0.4, -0.2) is 26.3 Å². The van der Waals surface area contributed by atoms with Gasteiger partial charge in [0.2, 0.25) is 0 Å². The van der Waals surface area contributed by atoms with Crippen molar-refractivity contribution in [2.24, 2.45) is 0 Å². The van der Waals surface area contributed by atoms with Crippen LogP contribution in [-0.2, 0) is 14.3 Å². The van der Waals surface area contributed by atoms with Crippen molar-refractivity contribution in [2.45, 2.75) is 6.10 Å². The standard InChI is InChI=1S/C12H14O3/c1-14-11(12(13)15-2)9-8-10-6-4-3-5-7-10/h3-9,11H,1-2H3/t11-/m1/s1. The topological polar surface area (TPSA) is 35.5 Å². The van der Waals surface area contributed by atoms with Crippen molar-refractivity contribution in [3.63, 3.8) is 0 Å². The molecule has 0 heterocycles. The summed E-state index contributed by atoms with van der Waals surface area (Å²) in [7, 11) is 2.81. The summed E-state index contributed by atoms with van der Waals surface area (Å²) in [6, 6.07) is 9.69. The molecule has 15 heavy (non-hydrogen) atoms. The zero-order chi connectivity index (χ0) is 11.1. The van der Waals surface area contributed by atoms with Crippen molar-refractivity contribution >= 4 is 12.0 Å². The number of hydrogen-bond acceptors (Lipinski definition) is 3. The van der Waals surface area contributed by atoms with Crippen LogP contribution >= 0.6 is 0 Å². The fraction of sp³-hybridized carbons (Fsp3) is 0.250. The Kier molecular flexibility index (Phi) is 4.57. The highest BCUT2D eigenvalue weighted by Crippen LogP contribution is 2.04. The predicted octanol–water partition coefficient (Wildman–Crippen LogP) is 1.89. The van der Waals surface area contributed by atoms with Gasteiger partial charge in [0.15, 0.2) is 6.10 Å². The third kappa shape index (κ3) is 3.56. The van der Waals surface area contributed by atoms with Crippen molar-refractivity contribution in [2.75, 3.05) is 14.2 Å². The summed E-state index contributed by atoms with van der Waals surface area (Å²) in [5.41, 5.74) is 1.02. The molecule has 0 radical (unpaired) electrons. The first-order valence-corrected chi connectivity index (χ1v) is 4.62. The van der Waals surface area contributed by atoms with E-state index in [1.165, 1.54) is 14.2 Å². The van der Waals surface area contributed by atoms with Crippen LogP contribution < -0.4 is 0 Å². The maximum atomic E-state index is 11.2. The Labute approximate surface area is 89.3 Å². The molecule has 0 aliphatic carbocycles. The van der Waals surface area contributed by atoms with Gasteiger partial charge in [0.25, 0.3) is 0 Å². The highest BCUT2D eigenvalue weighted by molar-refractivity contribution is 5.78. The predicted molar refractivity (Wildman–Crippen MR) is 58.3 cm³/mol. The molecule has 0 aromatic heterocycles. The molecule has 0 saturated heterocycles. The molecular formula is C12H14O3. The van der Waals surface area contributed by atoms with Crippen LogP contribution in [0.5, 0.6) is 0 Å². The lowest BCUT2D eigenvalue weighted by atomic mass is 10.2. The first kappa shape index (κ1) is 11.5. The van der Waals surface area contributed by atoms with Crippen LogP contribution in [0.3, 0.4) is 0 Å². The molecular weight excluding hydrogens is 192 g/mol. The zero-order valence-corrected chi connectivity index (χ0v) is 8.84. The Morgan fingerprint density at radius 2 is 1.93 bits per heavy atom. The molecule has 0 bridgehead atoms. The summed E-state index contributed by atoms with van der Waals surface area (Å²) in [4.78, 5) is 11.2. The van der Waals surface area contributed by atoms with E-state index in [9.17, 15) is 4.79 Å². The molecule has 0 fully saturated rings. The Hall–Kier alpha value is -1.61. The van der Waals surface area contributed by atoms with Crippen LogP contribution in [0.25, 0.3) is 6.08 Å². The quantitative estimate of drug-likeness (QED) is 0.706. The first-order chi connectivity index (χ1) is 7.27. The summed E-state index contributed by atoms with van der Waals surface area (Å²) in [5.74, 6) is -0.398. The third-order valence-electron chi connectivity index (χ3n) is 1.95. The van der Waals surface area contributed by atoms with Gasteiger partial charge in [-0.05, 0) is 11.6 Å². The highest BCUT2D eigenvalue weighted by atomic mass is 16.6. The number of rotatable bonds is 4. The van der Waals surface area contributed by atoms with Gasteiger partial charge in [-0.3, -0.25) is 0 Å². The van der Waals surface area contributed by atoms with Gasteiger partial charge in [0.05, 0.1) is 7.11 Å². The molecule has 3 nitrogen and oxygen atoms in total. The smallest absolute Gasteiger partial charge is 0.339 e. The van der Waals surface area contributed by atoms with E-state index in [1.807, 2.05) is 36.4 Å². The molecule has 0 unspecified atom stereocenters. The molecule has 80 valence electrons. The van der Waals surface area contributed by atoms with Gasteiger partial charge in [0, 0.05) is 7.11 Å². The highest BCUT2D eigenvalue weighted by Gasteiger charge is 2.13. The average Bonchev–Trinajstić information content (AvgIpc) is 2.31. The maximum absolute atomic E-state index is 11.2. The van der Waals surface area contributed by atoms with E-state index < -0.39 is 12.1 Å². The number of ether oxygens (including phenoxy) is 2. The molecule has 0 aliphatic rings. The van der Waals surface area contributed by atoms with Crippen molar-refractivity contribution < 1.29 is 14.3 Å². The van der Waals surface area contributed by atoms with Crippen molar-refractivity contribution in [3.05, 3.63) is 42.0 Å². The zero-order valence-electron chi connectivity index (χ0n) is 8.84. The number of esters is 1. The van der Waals surface area contributed by atoms with E-state index in [4.69, 9.17) is 4.74 Å². The number of benzene rings is 1. The lowest BCUT2D eigenvalue weighted by molar-refractivity contribution is -0.149. The fourth-order valence-electron chi connectivity index (χ4n) is 1.13. The normalized spacial score (nSPS) is 12.7. The Balaban J connectivity index is 2.67. The lowest BCUT2D eigenvalue weighted by Gasteiger charge is -2.07. The average molecular weight is 206 g/mol. The number of carbonyl (C=O) groups excluding carboxylic acids is 1. The summed E-state index contributed by atoms with van der Waals surface area (Å²) in [6.45, 7) is 0. The first-order valence-electron chi connectivity index (χ1n) is 4.62. The number of methoxy groups -OCH3 is 2. The molecule has 0 saturated carbocycles. The molecule has 0 aliphatic heterocycles. The van der Waals surface area contributed by atoms with Crippen molar-refractivity contribution in [1.29, 1.82) is 0 Å². The molecule has 0 spiro atoms. The van der Waals surface area contributed by atoms with E-state index in [-0.39, 0.29) is 0 Å². The number of hydrogen-bond donors (Lipinski definition) is 0. The molecule has 0 N–H and O–H groups in total. The van der Waals surface area contributed by atoms with Gasteiger partial charge in [0.1, 0.15) is 0 Å². The van der Waals surface area contributed by atoms with E-state index in [0.717, 1.165) is 5.56 Å². The van der Waals surface area contributed by atoms with Gasteiger partial charge < -0.3 is 9.47 Å².